The van der Waals surface area contributed by atoms with E-state index in [-0.39, 0.29) is 30.3 Å². The summed E-state index contributed by atoms with van der Waals surface area (Å²) in [6.07, 6.45) is 5.55. The summed E-state index contributed by atoms with van der Waals surface area (Å²) >= 11 is 0. The zero-order valence-corrected chi connectivity index (χ0v) is 11.1. The van der Waals surface area contributed by atoms with Crippen molar-refractivity contribution < 1.29 is 14.4 Å². The summed E-state index contributed by atoms with van der Waals surface area (Å²) in [5.41, 5.74) is 4.82. The number of hydrogen-bond acceptors (Lipinski definition) is 4. The molecule has 0 aromatic heterocycles. The maximum Gasteiger partial charge on any atom is 0.322 e. The summed E-state index contributed by atoms with van der Waals surface area (Å²) in [5, 5.41) is 4.92. The van der Waals surface area contributed by atoms with E-state index in [2.05, 4.69) is 10.6 Å². The van der Waals surface area contributed by atoms with Gasteiger partial charge in [-0.3, -0.25) is 14.9 Å². The van der Waals surface area contributed by atoms with Crippen molar-refractivity contribution in [3.63, 3.8) is 0 Å². The molecule has 0 aromatic rings. The van der Waals surface area contributed by atoms with Gasteiger partial charge in [-0.15, -0.1) is 0 Å². The van der Waals surface area contributed by atoms with Gasteiger partial charge in [0.25, 0.3) is 5.91 Å². The molecule has 3 aliphatic rings. The Balaban J connectivity index is 1.72. The lowest BCUT2D eigenvalue weighted by atomic mass is 9.88. The van der Waals surface area contributed by atoms with E-state index in [1.807, 2.05) is 12.2 Å². The first-order valence-electron chi connectivity index (χ1n) is 6.86. The van der Waals surface area contributed by atoms with E-state index in [0.717, 1.165) is 0 Å². The number of imide groups is 1. The molecule has 20 heavy (non-hydrogen) atoms. The Kier molecular flexibility index (Phi) is 3.01. The zero-order chi connectivity index (χ0) is 14.3. The lowest BCUT2D eigenvalue weighted by molar-refractivity contribution is -0.138. The number of piperidine rings is 1. The SMILES string of the molecule is NC1C=CC(C(=O)N2CCCC3(C2)NC(=O)NC3=O)C1. The molecular formula is C13H18N4O3. The Morgan fingerprint density at radius 3 is 2.80 bits per heavy atom. The molecule has 0 aromatic carbocycles. The summed E-state index contributed by atoms with van der Waals surface area (Å²) in [7, 11) is 0. The Bertz CT molecular complexity index is 504. The molecule has 0 bridgehead atoms. The molecule has 7 heteroatoms. The van der Waals surface area contributed by atoms with Crippen LogP contribution in [0.2, 0.25) is 0 Å². The fourth-order valence-corrected chi connectivity index (χ4v) is 3.20. The predicted molar refractivity (Wildman–Crippen MR) is 70.4 cm³/mol. The van der Waals surface area contributed by atoms with Crippen LogP contribution in [0.3, 0.4) is 0 Å². The molecule has 1 aliphatic carbocycles. The van der Waals surface area contributed by atoms with Crippen LogP contribution in [0.4, 0.5) is 4.79 Å². The minimum Gasteiger partial charge on any atom is -0.339 e. The Morgan fingerprint density at radius 1 is 1.40 bits per heavy atom. The third-order valence-electron chi connectivity index (χ3n) is 4.25. The molecule has 0 radical (unpaired) electrons. The number of rotatable bonds is 1. The zero-order valence-electron chi connectivity index (χ0n) is 11.1. The van der Waals surface area contributed by atoms with Crippen LogP contribution in [0.25, 0.3) is 0 Å². The molecule has 4 amide bonds. The normalized spacial score (nSPS) is 36.4. The molecular weight excluding hydrogens is 260 g/mol. The summed E-state index contributed by atoms with van der Waals surface area (Å²) < 4.78 is 0. The fraction of sp³-hybridized carbons (Fsp3) is 0.615. The first-order valence-corrected chi connectivity index (χ1v) is 6.86. The van der Waals surface area contributed by atoms with E-state index in [1.54, 1.807) is 4.90 Å². The molecule has 3 unspecified atom stereocenters. The fourth-order valence-electron chi connectivity index (χ4n) is 3.20. The van der Waals surface area contributed by atoms with Gasteiger partial charge in [-0.25, -0.2) is 4.79 Å². The van der Waals surface area contributed by atoms with Crippen molar-refractivity contribution in [1.82, 2.24) is 15.5 Å². The van der Waals surface area contributed by atoms with Crippen LogP contribution in [0.15, 0.2) is 12.2 Å². The van der Waals surface area contributed by atoms with Crippen LogP contribution in [0.5, 0.6) is 0 Å². The van der Waals surface area contributed by atoms with E-state index in [4.69, 9.17) is 5.73 Å². The van der Waals surface area contributed by atoms with Gasteiger partial charge in [-0.1, -0.05) is 12.2 Å². The number of nitrogens with two attached hydrogens (primary N) is 1. The van der Waals surface area contributed by atoms with Gasteiger partial charge in [0.15, 0.2) is 0 Å². The van der Waals surface area contributed by atoms with Gasteiger partial charge < -0.3 is 16.0 Å². The predicted octanol–water partition coefficient (Wildman–Crippen LogP) is -0.910. The average Bonchev–Trinajstić information content (AvgIpc) is 2.94. The number of nitrogens with one attached hydrogen (secondary N) is 2. The van der Waals surface area contributed by atoms with Crippen molar-refractivity contribution in [2.75, 3.05) is 13.1 Å². The molecule has 2 fully saturated rings. The van der Waals surface area contributed by atoms with Gasteiger partial charge in [0, 0.05) is 12.6 Å². The molecule has 4 N–H and O–H groups in total. The quantitative estimate of drug-likeness (QED) is 0.426. The number of nitrogens with zero attached hydrogens (tertiary/aromatic N) is 1. The topological polar surface area (TPSA) is 105 Å². The molecule has 2 heterocycles. The third kappa shape index (κ3) is 2.07. The smallest absolute Gasteiger partial charge is 0.322 e. The molecule has 2 aliphatic heterocycles. The molecule has 3 rings (SSSR count). The molecule has 7 nitrogen and oxygen atoms in total. The van der Waals surface area contributed by atoms with Crippen molar-refractivity contribution in [2.45, 2.75) is 30.8 Å². The van der Waals surface area contributed by atoms with Crippen LogP contribution in [0, 0.1) is 5.92 Å². The Hall–Kier alpha value is -1.89. The minimum atomic E-state index is -0.949. The lowest BCUT2D eigenvalue weighted by Crippen LogP contribution is -2.60. The number of amides is 4. The second-order valence-corrected chi connectivity index (χ2v) is 5.74. The Labute approximate surface area is 116 Å². The molecule has 2 saturated heterocycles. The van der Waals surface area contributed by atoms with E-state index in [1.165, 1.54) is 0 Å². The van der Waals surface area contributed by atoms with E-state index < -0.39 is 11.6 Å². The highest BCUT2D eigenvalue weighted by Gasteiger charge is 2.49. The van der Waals surface area contributed by atoms with Crippen LogP contribution >= 0.6 is 0 Å². The second-order valence-electron chi connectivity index (χ2n) is 5.74. The second kappa shape index (κ2) is 4.59. The number of likely N-dealkylation sites (tertiary alicyclic amines) is 1. The minimum absolute atomic E-state index is 0.0118. The van der Waals surface area contributed by atoms with Gasteiger partial charge in [0.2, 0.25) is 5.91 Å². The average molecular weight is 278 g/mol. The van der Waals surface area contributed by atoms with Gasteiger partial charge in [0.1, 0.15) is 5.54 Å². The van der Waals surface area contributed by atoms with Gasteiger partial charge in [-0.05, 0) is 19.3 Å². The van der Waals surface area contributed by atoms with Crippen LogP contribution in [-0.4, -0.2) is 47.4 Å². The monoisotopic (exact) mass is 278 g/mol. The summed E-state index contributed by atoms with van der Waals surface area (Å²) in [6, 6.07) is -0.552. The van der Waals surface area contributed by atoms with Gasteiger partial charge in [-0.2, -0.15) is 0 Å². The highest BCUT2D eigenvalue weighted by molar-refractivity contribution is 6.07. The van der Waals surface area contributed by atoms with Crippen molar-refractivity contribution in [2.24, 2.45) is 11.7 Å². The standard InChI is InChI=1S/C13H18N4O3/c14-9-3-2-8(6-9)10(18)17-5-1-4-13(7-17)11(19)15-12(20)16-13/h2-3,8-9H,1,4-7,14H2,(H2,15,16,19,20). The Morgan fingerprint density at radius 2 is 2.20 bits per heavy atom. The molecule has 108 valence electrons. The summed E-state index contributed by atoms with van der Waals surface area (Å²) in [4.78, 5) is 37.4. The molecule has 1 spiro atoms. The first kappa shape index (κ1) is 13.1. The summed E-state index contributed by atoms with van der Waals surface area (Å²) in [6.45, 7) is 0.853. The number of urea groups is 1. The summed E-state index contributed by atoms with van der Waals surface area (Å²) in [5.74, 6) is -0.554. The molecule has 0 saturated carbocycles. The van der Waals surface area contributed by atoms with Crippen molar-refractivity contribution in [3.8, 4) is 0 Å². The number of hydrogen-bond donors (Lipinski definition) is 3. The number of carbonyl (C=O) groups is 3. The number of carbonyl (C=O) groups excluding carboxylic acids is 3. The maximum absolute atomic E-state index is 12.4. The highest BCUT2D eigenvalue weighted by Crippen LogP contribution is 2.27. The highest BCUT2D eigenvalue weighted by atomic mass is 16.2. The van der Waals surface area contributed by atoms with Crippen molar-refractivity contribution >= 4 is 17.8 Å². The first-order chi connectivity index (χ1) is 9.50. The van der Waals surface area contributed by atoms with Crippen LogP contribution in [0.1, 0.15) is 19.3 Å². The van der Waals surface area contributed by atoms with Crippen molar-refractivity contribution in [1.29, 1.82) is 0 Å². The van der Waals surface area contributed by atoms with E-state index in [9.17, 15) is 14.4 Å². The van der Waals surface area contributed by atoms with E-state index in [0.29, 0.717) is 25.8 Å². The lowest BCUT2D eigenvalue weighted by Gasteiger charge is -2.38. The van der Waals surface area contributed by atoms with Crippen LogP contribution < -0.4 is 16.4 Å². The van der Waals surface area contributed by atoms with Crippen molar-refractivity contribution in [3.05, 3.63) is 12.2 Å². The maximum atomic E-state index is 12.4. The third-order valence-corrected chi connectivity index (χ3v) is 4.25. The van der Waals surface area contributed by atoms with Gasteiger partial charge >= 0.3 is 6.03 Å². The largest absolute Gasteiger partial charge is 0.339 e. The van der Waals surface area contributed by atoms with Gasteiger partial charge in [0.05, 0.1) is 12.5 Å². The van der Waals surface area contributed by atoms with E-state index >= 15 is 0 Å². The van der Waals surface area contributed by atoms with Crippen LogP contribution in [-0.2, 0) is 9.59 Å². The molecule has 3 atom stereocenters.